The van der Waals surface area contributed by atoms with Crippen LogP contribution < -0.4 is 10.2 Å². The lowest BCUT2D eigenvalue weighted by atomic mass is 9.97. The zero-order valence-corrected chi connectivity index (χ0v) is 10.2. The first-order valence-electron chi connectivity index (χ1n) is 5.96. The van der Waals surface area contributed by atoms with E-state index in [-0.39, 0.29) is 13.0 Å². The van der Waals surface area contributed by atoms with Crippen molar-refractivity contribution in [2.45, 2.75) is 19.0 Å². The van der Waals surface area contributed by atoms with Crippen LogP contribution in [0, 0.1) is 5.92 Å². The number of nitrogens with zero attached hydrogens (tertiary/aromatic N) is 2. The van der Waals surface area contributed by atoms with E-state index in [9.17, 15) is 13.2 Å². The standard InChI is InChI=1S/C12H16F3N3/c1-16-11-7-10(4-5-17-11)18-6-2-3-9(8-18)12(13,14)15/h4-5,7,9H,2-3,6,8H2,1H3,(H,16,17). The fourth-order valence-electron chi connectivity index (χ4n) is 2.23. The van der Waals surface area contributed by atoms with E-state index in [0.29, 0.717) is 18.8 Å². The maximum Gasteiger partial charge on any atom is 0.393 e. The fourth-order valence-corrected chi connectivity index (χ4v) is 2.23. The summed E-state index contributed by atoms with van der Waals surface area (Å²) < 4.78 is 38.2. The van der Waals surface area contributed by atoms with Crippen LogP contribution in [0.4, 0.5) is 24.7 Å². The van der Waals surface area contributed by atoms with E-state index in [4.69, 9.17) is 0 Å². The number of halogens is 3. The molecule has 1 aromatic rings. The molecule has 1 atom stereocenters. The van der Waals surface area contributed by atoms with E-state index in [1.54, 1.807) is 30.3 Å². The minimum absolute atomic E-state index is 0.0384. The van der Waals surface area contributed by atoms with E-state index in [2.05, 4.69) is 10.3 Å². The third kappa shape index (κ3) is 2.86. The topological polar surface area (TPSA) is 28.2 Å². The molecular weight excluding hydrogens is 243 g/mol. The summed E-state index contributed by atoms with van der Waals surface area (Å²) in [6.45, 7) is 0.705. The number of anilines is 2. The SMILES string of the molecule is CNc1cc(N2CCCC(C(F)(F)F)C2)ccn1. The fraction of sp³-hybridized carbons (Fsp3) is 0.583. The average molecular weight is 259 g/mol. The van der Waals surface area contributed by atoms with Crippen molar-refractivity contribution in [1.82, 2.24) is 4.98 Å². The Hall–Kier alpha value is -1.46. The molecule has 0 bridgehead atoms. The molecule has 1 fully saturated rings. The quantitative estimate of drug-likeness (QED) is 0.885. The second-order valence-corrected chi connectivity index (χ2v) is 4.48. The molecule has 0 spiro atoms. The first-order chi connectivity index (χ1) is 8.50. The number of hydrogen-bond acceptors (Lipinski definition) is 3. The number of nitrogens with one attached hydrogen (secondary N) is 1. The van der Waals surface area contributed by atoms with Crippen LogP contribution in [-0.2, 0) is 0 Å². The first-order valence-corrected chi connectivity index (χ1v) is 5.96. The predicted octanol–water partition coefficient (Wildman–Crippen LogP) is 2.90. The monoisotopic (exact) mass is 259 g/mol. The molecule has 2 rings (SSSR count). The average Bonchev–Trinajstić information content (AvgIpc) is 2.38. The van der Waals surface area contributed by atoms with Crippen LogP contribution in [0.25, 0.3) is 0 Å². The van der Waals surface area contributed by atoms with Crippen LogP contribution in [0.3, 0.4) is 0 Å². The molecular formula is C12H16F3N3. The molecule has 1 saturated heterocycles. The summed E-state index contributed by atoms with van der Waals surface area (Å²) in [5.41, 5.74) is 0.795. The van der Waals surface area contributed by atoms with Crippen LogP contribution in [0.2, 0.25) is 0 Å². The number of pyridine rings is 1. The molecule has 6 heteroatoms. The van der Waals surface area contributed by atoms with Crippen molar-refractivity contribution in [2.75, 3.05) is 30.4 Å². The molecule has 0 amide bonds. The van der Waals surface area contributed by atoms with Gasteiger partial charge in [0, 0.05) is 38.1 Å². The van der Waals surface area contributed by atoms with E-state index < -0.39 is 12.1 Å². The summed E-state index contributed by atoms with van der Waals surface area (Å²) in [4.78, 5) is 5.84. The number of piperidine rings is 1. The number of alkyl halides is 3. The minimum atomic E-state index is -4.10. The molecule has 0 radical (unpaired) electrons. The van der Waals surface area contributed by atoms with Crippen molar-refractivity contribution in [2.24, 2.45) is 5.92 Å². The largest absolute Gasteiger partial charge is 0.393 e. The molecule has 1 aliphatic heterocycles. The van der Waals surface area contributed by atoms with E-state index in [0.717, 1.165) is 5.69 Å². The minimum Gasteiger partial charge on any atom is -0.373 e. The van der Waals surface area contributed by atoms with Crippen molar-refractivity contribution in [3.63, 3.8) is 0 Å². The van der Waals surface area contributed by atoms with Gasteiger partial charge in [-0.3, -0.25) is 0 Å². The van der Waals surface area contributed by atoms with E-state index >= 15 is 0 Å². The zero-order valence-electron chi connectivity index (χ0n) is 10.2. The Morgan fingerprint density at radius 2 is 2.22 bits per heavy atom. The number of aromatic nitrogens is 1. The Morgan fingerprint density at radius 3 is 2.89 bits per heavy atom. The van der Waals surface area contributed by atoms with Gasteiger partial charge in [0.2, 0.25) is 0 Å². The molecule has 1 aromatic heterocycles. The van der Waals surface area contributed by atoms with Gasteiger partial charge in [-0.1, -0.05) is 0 Å². The third-order valence-electron chi connectivity index (χ3n) is 3.25. The van der Waals surface area contributed by atoms with Gasteiger partial charge in [-0.05, 0) is 18.9 Å². The molecule has 2 heterocycles. The van der Waals surface area contributed by atoms with Crippen molar-refractivity contribution >= 4 is 11.5 Å². The van der Waals surface area contributed by atoms with E-state index in [1.165, 1.54) is 0 Å². The van der Waals surface area contributed by atoms with Gasteiger partial charge in [-0.25, -0.2) is 4.98 Å². The molecule has 100 valence electrons. The smallest absolute Gasteiger partial charge is 0.373 e. The van der Waals surface area contributed by atoms with Gasteiger partial charge < -0.3 is 10.2 Å². The molecule has 18 heavy (non-hydrogen) atoms. The van der Waals surface area contributed by atoms with Gasteiger partial charge in [0.05, 0.1) is 5.92 Å². The van der Waals surface area contributed by atoms with Gasteiger partial charge in [-0.2, -0.15) is 13.2 Å². The first kappa shape index (κ1) is 13.0. The number of hydrogen-bond donors (Lipinski definition) is 1. The maximum absolute atomic E-state index is 12.7. The van der Waals surface area contributed by atoms with Gasteiger partial charge in [-0.15, -0.1) is 0 Å². The van der Waals surface area contributed by atoms with Crippen molar-refractivity contribution < 1.29 is 13.2 Å². The van der Waals surface area contributed by atoms with Gasteiger partial charge >= 0.3 is 6.18 Å². The lowest BCUT2D eigenvalue weighted by Gasteiger charge is -2.35. The molecule has 0 aliphatic carbocycles. The van der Waals surface area contributed by atoms with Crippen molar-refractivity contribution in [1.29, 1.82) is 0 Å². The van der Waals surface area contributed by atoms with Crippen molar-refractivity contribution in [3.8, 4) is 0 Å². The highest BCUT2D eigenvalue weighted by atomic mass is 19.4. The maximum atomic E-state index is 12.7. The van der Waals surface area contributed by atoms with Crippen LogP contribution in [0.5, 0.6) is 0 Å². The summed E-state index contributed by atoms with van der Waals surface area (Å²) in [5, 5.41) is 2.89. The summed E-state index contributed by atoms with van der Waals surface area (Å²) >= 11 is 0. The van der Waals surface area contributed by atoms with Crippen LogP contribution in [0.1, 0.15) is 12.8 Å². The Bertz CT molecular complexity index is 406. The van der Waals surface area contributed by atoms with E-state index in [1.807, 2.05) is 0 Å². The summed E-state index contributed by atoms with van der Waals surface area (Å²) in [6.07, 6.45) is -1.69. The second-order valence-electron chi connectivity index (χ2n) is 4.48. The summed E-state index contributed by atoms with van der Waals surface area (Å²) in [5.74, 6) is -0.556. The lowest BCUT2D eigenvalue weighted by Crippen LogP contribution is -2.41. The molecule has 0 saturated carbocycles. The number of rotatable bonds is 2. The van der Waals surface area contributed by atoms with Crippen LogP contribution >= 0.6 is 0 Å². The van der Waals surface area contributed by atoms with Gasteiger partial charge in [0.25, 0.3) is 0 Å². The van der Waals surface area contributed by atoms with Gasteiger partial charge in [0.15, 0.2) is 0 Å². The van der Waals surface area contributed by atoms with Crippen molar-refractivity contribution in [3.05, 3.63) is 18.3 Å². The van der Waals surface area contributed by atoms with Crippen LogP contribution in [0.15, 0.2) is 18.3 Å². The normalized spacial score (nSPS) is 20.9. The Morgan fingerprint density at radius 1 is 1.44 bits per heavy atom. The predicted molar refractivity (Wildman–Crippen MR) is 64.8 cm³/mol. The summed E-state index contributed by atoms with van der Waals surface area (Å²) in [7, 11) is 1.74. The van der Waals surface area contributed by atoms with Gasteiger partial charge in [0.1, 0.15) is 5.82 Å². The lowest BCUT2D eigenvalue weighted by molar-refractivity contribution is -0.175. The summed E-state index contributed by atoms with van der Waals surface area (Å²) in [6, 6.07) is 3.53. The molecule has 1 unspecified atom stereocenters. The molecule has 3 nitrogen and oxygen atoms in total. The highest BCUT2D eigenvalue weighted by Crippen LogP contribution is 2.34. The highest BCUT2D eigenvalue weighted by molar-refractivity contribution is 5.53. The Labute approximate surface area is 104 Å². The van der Waals surface area contributed by atoms with Crippen LogP contribution in [-0.4, -0.2) is 31.3 Å². The highest BCUT2D eigenvalue weighted by Gasteiger charge is 2.41. The molecule has 0 aromatic carbocycles. The zero-order chi connectivity index (χ0) is 13.2. The molecule has 1 N–H and O–H groups in total. The molecule has 1 aliphatic rings. The Balaban J connectivity index is 2.13. The Kier molecular flexibility index (Phi) is 3.63. The second kappa shape index (κ2) is 5.04. The third-order valence-corrected chi connectivity index (χ3v) is 3.25.